The Balaban J connectivity index is 1.75. The lowest BCUT2D eigenvalue weighted by Crippen LogP contribution is -2.19. The van der Waals surface area contributed by atoms with Crippen LogP contribution < -0.4 is 5.32 Å². The van der Waals surface area contributed by atoms with E-state index in [-0.39, 0.29) is 0 Å². The quantitative estimate of drug-likeness (QED) is 0.896. The minimum Gasteiger partial charge on any atom is -0.342 e. The van der Waals surface area contributed by atoms with Crippen LogP contribution in [0.5, 0.6) is 0 Å². The Kier molecular flexibility index (Phi) is 2.97. The number of aromatic amines is 1. The zero-order chi connectivity index (χ0) is 13.5. The van der Waals surface area contributed by atoms with Crippen molar-refractivity contribution in [2.45, 2.75) is 31.5 Å². The highest BCUT2D eigenvalue weighted by atomic mass is 19.4. The Morgan fingerprint density at radius 3 is 2.79 bits per heavy atom. The van der Waals surface area contributed by atoms with E-state index < -0.39 is 11.7 Å². The van der Waals surface area contributed by atoms with Crippen LogP contribution in [0.4, 0.5) is 13.2 Å². The monoisotopic (exact) mass is 269 g/mol. The van der Waals surface area contributed by atoms with E-state index >= 15 is 0 Å². The summed E-state index contributed by atoms with van der Waals surface area (Å²) in [6.07, 6.45) is -1.18. The van der Waals surface area contributed by atoms with Crippen molar-refractivity contribution in [3.05, 3.63) is 29.6 Å². The maximum atomic E-state index is 12.6. The van der Waals surface area contributed by atoms with E-state index in [1.54, 1.807) is 0 Å². The fraction of sp³-hybridized carbons (Fsp3) is 0.462. The number of imidazole rings is 1. The van der Waals surface area contributed by atoms with E-state index in [0.29, 0.717) is 23.5 Å². The average Bonchev–Trinajstić information content (AvgIpc) is 3.06. The number of benzene rings is 1. The second-order valence-corrected chi connectivity index (χ2v) is 4.89. The second-order valence-electron chi connectivity index (χ2n) is 4.89. The molecule has 3 rings (SSSR count). The zero-order valence-corrected chi connectivity index (χ0v) is 10.2. The van der Waals surface area contributed by atoms with Crippen LogP contribution >= 0.6 is 0 Å². The van der Waals surface area contributed by atoms with Gasteiger partial charge in [0.25, 0.3) is 0 Å². The van der Waals surface area contributed by atoms with Crippen LogP contribution in [0.2, 0.25) is 0 Å². The van der Waals surface area contributed by atoms with Gasteiger partial charge in [-0.3, -0.25) is 0 Å². The summed E-state index contributed by atoms with van der Waals surface area (Å²) in [5.41, 5.74) is 0.372. The molecule has 6 heteroatoms. The van der Waals surface area contributed by atoms with Gasteiger partial charge in [0.2, 0.25) is 0 Å². The van der Waals surface area contributed by atoms with Crippen molar-refractivity contribution in [2.24, 2.45) is 0 Å². The topological polar surface area (TPSA) is 40.7 Å². The first-order chi connectivity index (χ1) is 9.02. The van der Waals surface area contributed by atoms with E-state index in [1.165, 1.54) is 18.9 Å². The Morgan fingerprint density at radius 1 is 1.32 bits per heavy atom. The fourth-order valence-corrected chi connectivity index (χ4v) is 2.04. The van der Waals surface area contributed by atoms with Crippen molar-refractivity contribution in [1.29, 1.82) is 0 Å². The summed E-state index contributed by atoms with van der Waals surface area (Å²) in [5.74, 6) is 0.725. The molecule has 0 atom stereocenters. The van der Waals surface area contributed by atoms with E-state index in [0.717, 1.165) is 24.5 Å². The van der Waals surface area contributed by atoms with Crippen molar-refractivity contribution in [3.8, 4) is 0 Å². The highest BCUT2D eigenvalue weighted by Crippen LogP contribution is 2.30. The minimum atomic E-state index is -4.31. The Labute approximate surface area is 108 Å². The molecule has 1 aliphatic carbocycles. The molecule has 0 saturated heterocycles. The van der Waals surface area contributed by atoms with Gasteiger partial charge in [-0.05, 0) is 31.0 Å². The molecule has 1 aliphatic rings. The van der Waals surface area contributed by atoms with Gasteiger partial charge in [-0.15, -0.1) is 0 Å². The molecule has 2 N–H and O–H groups in total. The van der Waals surface area contributed by atoms with Gasteiger partial charge in [0.05, 0.1) is 16.6 Å². The summed E-state index contributed by atoms with van der Waals surface area (Å²) in [4.78, 5) is 7.24. The third-order valence-electron chi connectivity index (χ3n) is 3.23. The van der Waals surface area contributed by atoms with Gasteiger partial charge in [-0.1, -0.05) is 0 Å². The van der Waals surface area contributed by atoms with Gasteiger partial charge in [-0.25, -0.2) is 4.98 Å². The molecule has 0 amide bonds. The number of nitrogens with zero attached hydrogens (tertiary/aromatic N) is 1. The van der Waals surface area contributed by atoms with E-state index in [2.05, 4.69) is 15.3 Å². The number of nitrogens with one attached hydrogen (secondary N) is 2. The van der Waals surface area contributed by atoms with Crippen LogP contribution in [0.15, 0.2) is 18.2 Å². The SMILES string of the molecule is FC(F)(F)c1ccc2nc(CCNC3CC3)[nH]c2c1. The van der Waals surface area contributed by atoms with Crippen LogP contribution in [0.1, 0.15) is 24.2 Å². The smallest absolute Gasteiger partial charge is 0.342 e. The average molecular weight is 269 g/mol. The molecule has 1 saturated carbocycles. The lowest BCUT2D eigenvalue weighted by Gasteiger charge is -2.05. The normalized spacial score (nSPS) is 16.2. The molecule has 0 bridgehead atoms. The number of hydrogen-bond donors (Lipinski definition) is 2. The summed E-state index contributed by atoms with van der Waals surface area (Å²) >= 11 is 0. The first-order valence-corrected chi connectivity index (χ1v) is 6.31. The predicted molar refractivity (Wildman–Crippen MR) is 65.8 cm³/mol. The summed E-state index contributed by atoms with van der Waals surface area (Å²) in [5, 5.41) is 3.35. The van der Waals surface area contributed by atoms with Gasteiger partial charge in [-0.2, -0.15) is 13.2 Å². The predicted octanol–water partition coefficient (Wildman–Crippen LogP) is 2.88. The number of rotatable bonds is 4. The van der Waals surface area contributed by atoms with E-state index in [1.807, 2.05) is 0 Å². The lowest BCUT2D eigenvalue weighted by atomic mass is 10.2. The molecule has 0 radical (unpaired) electrons. The molecular formula is C13H14F3N3. The molecule has 1 aromatic carbocycles. The second kappa shape index (κ2) is 4.52. The molecule has 2 aromatic rings. The first kappa shape index (κ1) is 12.5. The van der Waals surface area contributed by atoms with Crippen molar-refractivity contribution >= 4 is 11.0 Å². The van der Waals surface area contributed by atoms with Crippen LogP contribution in [0.3, 0.4) is 0 Å². The van der Waals surface area contributed by atoms with E-state index in [4.69, 9.17) is 0 Å². The summed E-state index contributed by atoms with van der Waals surface area (Å²) in [6.45, 7) is 0.802. The largest absolute Gasteiger partial charge is 0.416 e. The molecule has 102 valence electrons. The van der Waals surface area contributed by atoms with Crippen LogP contribution in [0.25, 0.3) is 11.0 Å². The van der Waals surface area contributed by atoms with Crippen molar-refractivity contribution < 1.29 is 13.2 Å². The third kappa shape index (κ3) is 2.89. The van der Waals surface area contributed by atoms with Gasteiger partial charge >= 0.3 is 6.18 Å². The van der Waals surface area contributed by atoms with Crippen molar-refractivity contribution in [1.82, 2.24) is 15.3 Å². The summed E-state index contributed by atoms with van der Waals surface area (Å²) < 4.78 is 37.7. The fourth-order valence-electron chi connectivity index (χ4n) is 2.04. The van der Waals surface area contributed by atoms with Crippen LogP contribution in [0, 0.1) is 0 Å². The number of alkyl halides is 3. The number of aromatic nitrogens is 2. The Morgan fingerprint density at radius 2 is 2.11 bits per heavy atom. The number of H-pyrrole nitrogens is 1. The molecule has 3 nitrogen and oxygen atoms in total. The highest BCUT2D eigenvalue weighted by molar-refractivity contribution is 5.76. The molecule has 0 spiro atoms. The van der Waals surface area contributed by atoms with Crippen LogP contribution in [-0.4, -0.2) is 22.6 Å². The highest BCUT2D eigenvalue weighted by Gasteiger charge is 2.30. The zero-order valence-electron chi connectivity index (χ0n) is 10.2. The maximum Gasteiger partial charge on any atom is 0.416 e. The third-order valence-corrected chi connectivity index (χ3v) is 3.23. The molecule has 1 heterocycles. The Bertz CT molecular complexity index is 584. The van der Waals surface area contributed by atoms with Gasteiger partial charge in [0.15, 0.2) is 0 Å². The molecule has 1 aromatic heterocycles. The summed E-state index contributed by atoms with van der Waals surface area (Å²) in [7, 11) is 0. The molecular weight excluding hydrogens is 255 g/mol. The molecule has 19 heavy (non-hydrogen) atoms. The minimum absolute atomic E-state index is 0.441. The number of hydrogen-bond acceptors (Lipinski definition) is 2. The van der Waals surface area contributed by atoms with Gasteiger partial charge in [0.1, 0.15) is 5.82 Å². The van der Waals surface area contributed by atoms with Crippen molar-refractivity contribution in [2.75, 3.05) is 6.54 Å². The molecule has 1 fully saturated rings. The van der Waals surface area contributed by atoms with Gasteiger partial charge in [0, 0.05) is 19.0 Å². The number of fused-ring (bicyclic) bond motifs is 1. The Hall–Kier alpha value is -1.56. The van der Waals surface area contributed by atoms with Crippen molar-refractivity contribution in [3.63, 3.8) is 0 Å². The maximum absolute atomic E-state index is 12.6. The van der Waals surface area contributed by atoms with E-state index in [9.17, 15) is 13.2 Å². The molecule has 0 aliphatic heterocycles. The standard InChI is InChI=1S/C13H14F3N3/c14-13(15,16)8-1-4-10-11(7-8)19-12(18-10)5-6-17-9-2-3-9/h1,4,7,9,17H,2-3,5-6H2,(H,18,19). The van der Waals surface area contributed by atoms with Crippen LogP contribution in [-0.2, 0) is 12.6 Å². The summed E-state index contributed by atoms with van der Waals surface area (Å²) in [6, 6.07) is 4.21. The van der Waals surface area contributed by atoms with Gasteiger partial charge < -0.3 is 10.3 Å². The first-order valence-electron chi connectivity index (χ1n) is 6.31. The molecule has 0 unspecified atom stereocenters. The number of halogens is 3. The lowest BCUT2D eigenvalue weighted by molar-refractivity contribution is -0.137.